The number of phenolic OH excluding ortho intramolecular Hbond substituents is 1. The van der Waals surface area contributed by atoms with Gasteiger partial charge >= 0.3 is 0 Å². The van der Waals surface area contributed by atoms with E-state index in [9.17, 15) is 9.90 Å². The second-order valence-electron chi connectivity index (χ2n) is 6.98. The van der Waals surface area contributed by atoms with E-state index in [0.29, 0.717) is 11.1 Å². The average Bonchev–Trinajstić information content (AvgIpc) is 2.97. The standard InChI is InChI=1S/C19H20N4O2.ClH/c1-19(2,3)14-5-7-17(24)13(8-14)10-23-11-21-15-6-4-12(9-16(15)23)18(25)22-20;/h4-11H,20H2,1-3H3,(H,22,25);1H/p+1. The minimum atomic E-state index is -0.368. The summed E-state index contributed by atoms with van der Waals surface area (Å²) in [5.41, 5.74) is 5.83. The Morgan fingerprint density at radius 3 is 2.62 bits per heavy atom. The van der Waals surface area contributed by atoms with Crippen LogP contribution in [0.15, 0.2) is 41.4 Å². The van der Waals surface area contributed by atoms with Gasteiger partial charge in [0.15, 0.2) is 5.69 Å². The van der Waals surface area contributed by atoms with Crippen LogP contribution in [0.4, 0.5) is 11.4 Å². The topological polar surface area (TPSA) is 90.7 Å². The number of carbonyl (C=O) groups is 1. The number of hydrazine groups is 1. The Bertz CT molecular complexity index is 914. The van der Waals surface area contributed by atoms with Crippen LogP contribution in [0.5, 0.6) is 5.75 Å². The molecule has 0 spiro atoms. The second kappa shape index (κ2) is 7.27. The number of rotatable bonds is 2. The summed E-state index contributed by atoms with van der Waals surface area (Å²) in [5.74, 6) is 5.02. The quantitative estimate of drug-likeness (QED) is 0.327. The van der Waals surface area contributed by atoms with E-state index in [1.807, 2.05) is 12.1 Å². The number of amides is 1. The number of nitrogens with two attached hydrogens (primary N) is 1. The highest BCUT2D eigenvalue weighted by atomic mass is 35.5. The van der Waals surface area contributed by atoms with Gasteiger partial charge in [0.1, 0.15) is 12.0 Å². The molecule has 1 aliphatic heterocycles. The van der Waals surface area contributed by atoms with Crippen LogP contribution in [-0.4, -0.2) is 28.1 Å². The van der Waals surface area contributed by atoms with Gasteiger partial charge in [-0.05, 0) is 40.2 Å². The fraction of sp³-hybridized carbons (Fsp3) is 0.211. The van der Waals surface area contributed by atoms with E-state index in [4.69, 9.17) is 5.84 Å². The van der Waals surface area contributed by atoms with Crippen LogP contribution in [0.1, 0.15) is 42.3 Å². The number of hydrogen-bond donors (Lipinski definition) is 3. The molecule has 0 bridgehead atoms. The van der Waals surface area contributed by atoms with Crippen molar-refractivity contribution in [1.82, 2.24) is 5.43 Å². The maximum absolute atomic E-state index is 11.7. The molecule has 1 amide bonds. The minimum absolute atomic E-state index is 0. The van der Waals surface area contributed by atoms with Crippen LogP contribution in [0.25, 0.3) is 0 Å². The van der Waals surface area contributed by atoms with E-state index in [1.54, 1.807) is 41.4 Å². The number of nitrogen functional groups attached to an aromatic ring is 1. The molecule has 0 saturated carbocycles. The monoisotopic (exact) mass is 373 g/mol. The Hall–Kier alpha value is -2.70. The highest BCUT2D eigenvalue weighted by Gasteiger charge is 2.23. The molecule has 0 fully saturated rings. The summed E-state index contributed by atoms with van der Waals surface area (Å²) in [7, 11) is 0. The van der Waals surface area contributed by atoms with Gasteiger partial charge in [-0.2, -0.15) is 4.58 Å². The van der Waals surface area contributed by atoms with E-state index in [2.05, 4.69) is 31.2 Å². The number of hydrogen-bond acceptors (Lipinski definition) is 4. The number of phenols is 1. The summed E-state index contributed by atoms with van der Waals surface area (Å²) in [6.45, 7) is 6.36. The van der Waals surface area contributed by atoms with Gasteiger partial charge < -0.3 is 5.11 Å². The van der Waals surface area contributed by atoms with Gasteiger partial charge in [0.2, 0.25) is 5.69 Å². The zero-order chi connectivity index (χ0) is 18.2. The normalized spacial score (nSPS) is 14.1. The van der Waals surface area contributed by atoms with Gasteiger partial charge in [0.05, 0.1) is 5.56 Å². The van der Waals surface area contributed by atoms with Gasteiger partial charge in [-0.15, -0.1) is 12.4 Å². The van der Waals surface area contributed by atoms with E-state index >= 15 is 0 Å². The molecule has 2 aromatic rings. The predicted octanol–water partition coefficient (Wildman–Crippen LogP) is 3.15. The molecule has 0 radical (unpaired) electrons. The van der Waals surface area contributed by atoms with Crippen molar-refractivity contribution in [3.63, 3.8) is 0 Å². The first-order valence-electron chi connectivity index (χ1n) is 7.95. The first-order chi connectivity index (χ1) is 11.8. The lowest BCUT2D eigenvalue weighted by Gasteiger charge is -2.19. The number of benzene rings is 2. The van der Waals surface area contributed by atoms with E-state index in [1.165, 1.54) is 0 Å². The SMILES string of the molecule is CC(C)(C)c1ccc(O)c(C=[N+]2C=Nc3ccc(C(=O)NN)cc32)c1.Cl. The molecule has 7 heteroatoms. The van der Waals surface area contributed by atoms with Gasteiger partial charge in [-0.1, -0.05) is 26.8 Å². The minimum Gasteiger partial charge on any atom is -0.507 e. The van der Waals surface area contributed by atoms with Crippen molar-refractivity contribution in [1.29, 1.82) is 0 Å². The molecular formula is C19H22ClN4O2+. The molecule has 4 N–H and O–H groups in total. The molecule has 0 aromatic heterocycles. The lowest BCUT2D eigenvalue weighted by Crippen LogP contribution is -2.29. The highest BCUT2D eigenvalue weighted by molar-refractivity contribution is 5.96. The Kier molecular flexibility index (Phi) is 5.49. The van der Waals surface area contributed by atoms with Gasteiger partial charge in [0.25, 0.3) is 12.2 Å². The lowest BCUT2D eigenvalue weighted by molar-refractivity contribution is -0.282. The smallest absolute Gasteiger partial charge is 0.292 e. The number of aromatic hydroxyl groups is 1. The van der Waals surface area contributed by atoms with Crippen LogP contribution < -0.4 is 11.3 Å². The maximum atomic E-state index is 11.7. The molecule has 136 valence electrons. The second-order valence-corrected chi connectivity index (χ2v) is 6.98. The fourth-order valence-corrected chi connectivity index (χ4v) is 2.63. The van der Waals surface area contributed by atoms with E-state index in [0.717, 1.165) is 16.9 Å². The van der Waals surface area contributed by atoms with Crippen molar-refractivity contribution in [2.24, 2.45) is 10.8 Å². The molecular weight excluding hydrogens is 352 g/mol. The first kappa shape index (κ1) is 19.6. The third kappa shape index (κ3) is 3.76. The number of fused-ring (bicyclic) bond motifs is 1. The Balaban J connectivity index is 0.00000243. The summed E-state index contributed by atoms with van der Waals surface area (Å²) in [5, 5.41) is 10.2. The lowest BCUT2D eigenvalue weighted by atomic mass is 9.86. The van der Waals surface area contributed by atoms with Crippen molar-refractivity contribution in [3.8, 4) is 5.75 Å². The molecule has 0 aliphatic carbocycles. The molecule has 1 aliphatic rings. The number of nitrogens with one attached hydrogen (secondary N) is 1. The molecule has 1 heterocycles. The van der Waals surface area contributed by atoms with Crippen molar-refractivity contribution in [2.75, 3.05) is 0 Å². The number of aliphatic imine (C=N–C) groups is 1. The Morgan fingerprint density at radius 1 is 1.23 bits per heavy atom. The summed E-state index contributed by atoms with van der Waals surface area (Å²) < 4.78 is 1.78. The van der Waals surface area contributed by atoms with E-state index < -0.39 is 0 Å². The maximum Gasteiger partial charge on any atom is 0.292 e. The largest absolute Gasteiger partial charge is 0.507 e. The fourth-order valence-electron chi connectivity index (χ4n) is 2.63. The molecule has 2 aromatic carbocycles. The van der Waals surface area contributed by atoms with Crippen molar-refractivity contribution in [3.05, 3.63) is 53.1 Å². The van der Waals surface area contributed by atoms with Crippen molar-refractivity contribution < 1.29 is 14.5 Å². The van der Waals surface area contributed by atoms with Gasteiger partial charge in [-0.25, -0.2) is 5.84 Å². The van der Waals surface area contributed by atoms with Crippen LogP contribution in [-0.2, 0) is 5.41 Å². The highest BCUT2D eigenvalue weighted by Crippen LogP contribution is 2.33. The summed E-state index contributed by atoms with van der Waals surface area (Å²) in [6.07, 6.45) is 3.45. The third-order valence-electron chi connectivity index (χ3n) is 4.14. The average molecular weight is 374 g/mol. The van der Waals surface area contributed by atoms with E-state index in [-0.39, 0.29) is 29.5 Å². The number of carbonyl (C=O) groups excluding carboxylic acids is 1. The third-order valence-corrected chi connectivity index (χ3v) is 4.14. The van der Waals surface area contributed by atoms with Crippen LogP contribution in [0, 0.1) is 0 Å². The van der Waals surface area contributed by atoms with Gasteiger partial charge in [0, 0.05) is 11.6 Å². The summed E-state index contributed by atoms with van der Waals surface area (Å²) >= 11 is 0. The van der Waals surface area contributed by atoms with Crippen LogP contribution in [0.3, 0.4) is 0 Å². The van der Waals surface area contributed by atoms with Crippen LogP contribution >= 0.6 is 12.4 Å². The summed E-state index contributed by atoms with van der Waals surface area (Å²) in [4.78, 5) is 16.1. The molecule has 26 heavy (non-hydrogen) atoms. The molecule has 0 atom stereocenters. The van der Waals surface area contributed by atoms with Crippen LogP contribution in [0.2, 0.25) is 0 Å². The molecule has 3 rings (SSSR count). The van der Waals surface area contributed by atoms with Gasteiger partial charge in [-0.3, -0.25) is 10.2 Å². The summed E-state index contributed by atoms with van der Waals surface area (Å²) in [6, 6.07) is 10.7. The Morgan fingerprint density at radius 2 is 1.96 bits per heavy atom. The number of halogens is 1. The Labute approximate surface area is 158 Å². The van der Waals surface area contributed by atoms with Crippen molar-refractivity contribution in [2.45, 2.75) is 26.2 Å². The predicted molar refractivity (Wildman–Crippen MR) is 105 cm³/mol. The molecule has 0 saturated heterocycles. The first-order valence-corrected chi connectivity index (χ1v) is 7.95. The zero-order valence-corrected chi connectivity index (χ0v) is 15.7. The zero-order valence-electron chi connectivity index (χ0n) is 14.9. The molecule has 6 nitrogen and oxygen atoms in total. The molecule has 0 unspecified atom stereocenters. The number of nitrogens with zero attached hydrogens (tertiary/aromatic N) is 2. The van der Waals surface area contributed by atoms with Crippen molar-refractivity contribution >= 4 is 42.2 Å².